The van der Waals surface area contributed by atoms with Crippen molar-refractivity contribution in [3.63, 3.8) is 0 Å². The summed E-state index contributed by atoms with van der Waals surface area (Å²) in [6, 6.07) is 6.32. The van der Waals surface area contributed by atoms with E-state index in [4.69, 9.17) is 4.74 Å². The fourth-order valence-electron chi connectivity index (χ4n) is 1.76. The highest BCUT2D eigenvalue weighted by atomic mass is 32.2. The molecule has 0 saturated heterocycles. The van der Waals surface area contributed by atoms with Gasteiger partial charge in [0.05, 0.1) is 12.0 Å². The fourth-order valence-corrected chi connectivity index (χ4v) is 3.21. The van der Waals surface area contributed by atoms with Gasteiger partial charge in [0.2, 0.25) is 15.0 Å². The van der Waals surface area contributed by atoms with Gasteiger partial charge >= 0.3 is 0 Å². The molecule has 0 saturated carbocycles. The summed E-state index contributed by atoms with van der Waals surface area (Å²) in [5.41, 5.74) is 0. The standard InChI is InChI=1S/C13H16N2O3S/c1-10(2)15-9-8-14-13(15)19(16,17)12-6-4-11(18-3)5-7-12/h4-10H,1-3H3. The second-order valence-corrected chi connectivity index (χ2v) is 6.23. The molecule has 0 bridgehead atoms. The van der Waals surface area contributed by atoms with Crippen LogP contribution < -0.4 is 4.74 Å². The van der Waals surface area contributed by atoms with Gasteiger partial charge in [0, 0.05) is 18.4 Å². The molecule has 0 N–H and O–H groups in total. The fraction of sp³-hybridized carbons (Fsp3) is 0.308. The lowest BCUT2D eigenvalue weighted by Gasteiger charge is -2.11. The minimum Gasteiger partial charge on any atom is -0.497 e. The summed E-state index contributed by atoms with van der Waals surface area (Å²) in [6.45, 7) is 3.82. The molecular formula is C13H16N2O3S. The molecule has 2 rings (SSSR count). The number of methoxy groups -OCH3 is 1. The van der Waals surface area contributed by atoms with Crippen molar-refractivity contribution in [3.05, 3.63) is 36.7 Å². The van der Waals surface area contributed by atoms with Gasteiger partial charge in [-0.15, -0.1) is 0 Å². The summed E-state index contributed by atoms with van der Waals surface area (Å²) in [5.74, 6) is 0.617. The van der Waals surface area contributed by atoms with Crippen LogP contribution in [0.25, 0.3) is 0 Å². The maximum atomic E-state index is 12.5. The highest BCUT2D eigenvalue weighted by molar-refractivity contribution is 7.91. The molecule has 0 aliphatic carbocycles. The van der Waals surface area contributed by atoms with Gasteiger partial charge in [-0.05, 0) is 38.1 Å². The van der Waals surface area contributed by atoms with Crippen LogP contribution in [0.15, 0.2) is 46.7 Å². The number of nitrogens with zero attached hydrogens (tertiary/aromatic N) is 2. The number of aromatic nitrogens is 2. The maximum absolute atomic E-state index is 12.5. The molecule has 1 aromatic heterocycles. The number of rotatable bonds is 4. The van der Waals surface area contributed by atoms with Gasteiger partial charge in [0.15, 0.2) is 0 Å². The molecule has 5 nitrogen and oxygen atoms in total. The topological polar surface area (TPSA) is 61.2 Å². The van der Waals surface area contributed by atoms with Crippen LogP contribution in [0.4, 0.5) is 0 Å². The van der Waals surface area contributed by atoms with Crippen LogP contribution in [-0.2, 0) is 9.84 Å². The van der Waals surface area contributed by atoms with E-state index >= 15 is 0 Å². The number of hydrogen-bond donors (Lipinski definition) is 0. The van der Waals surface area contributed by atoms with E-state index in [0.29, 0.717) is 5.75 Å². The van der Waals surface area contributed by atoms with Crippen molar-refractivity contribution in [1.29, 1.82) is 0 Å². The van der Waals surface area contributed by atoms with E-state index < -0.39 is 9.84 Å². The molecule has 0 fully saturated rings. The zero-order valence-corrected chi connectivity index (χ0v) is 11.9. The Morgan fingerprint density at radius 2 is 1.84 bits per heavy atom. The van der Waals surface area contributed by atoms with Gasteiger partial charge < -0.3 is 9.30 Å². The van der Waals surface area contributed by atoms with E-state index in [1.54, 1.807) is 22.9 Å². The van der Waals surface area contributed by atoms with Crippen LogP contribution >= 0.6 is 0 Å². The largest absolute Gasteiger partial charge is 0.497 e. The molecule has 0 aliphatic rings. The van der Waals surface area contributed by atoms with Crippen LogP contribution in [0.2, 0.25) is 0 Å². The third-order valence-electron chi connectivity index (χ3n) is 2.80. The Morgan fingerprint density at radius 3 is 2.37 bits per heavy atom. The monoisotopic (exact) mass is 280 g/mol. The molecule has 102 valence electrons. The van der Waals surface area contributed by atoms with Crippen LogP contribution in [0, 0.1) is 0 Å². The Kier molecular flexibility index (Phi) is 3.61. The van der Waals surface area contributed by atoms with Crippen LogP contribution in [0.1, 0.15) is 19.9 Å². The second kappa shape index (κ2) is 5.05. The first-order valence-electron chi connectivity index (χ1n) is 5.89. The van der Waals surface area contributed by atoms with Gasteiger partial charge in [-0.2, -0.15) is 0 Å². The molecule has 0 atom stereocenters. The molecule has 1 aromatic carbocycles. The lowest BCUT2D eigenvalue weighted by molar-refractivity contribution is 0.414. The first-order chi connectivity index (χ1) is 8.96. The third-order valence-corrected chi connectivity index (χ3v) is 4.49. The first-order valence-corrected chi connectivity index (χ1v) is 7.37. The van der Waals surface area contributed by atoms with Crippen molar-refractivity contribution < 1.29 is 13.2 Å². The number of ether oxygens (including phenoxy) is 1. The number of sulfone groups is 1. The van der Waals surface area contributed by atoms with Crippen LogP contribution in [-0.4, -0.2) is 25.1 Å². The molecule has 2 aromatic rings. The summed E-state index contributed by atoms with van der Waals surface area (Å²) in [5, 5.41) is 0.0627. The molecule has 0 unspecified atom stereocenters. The Balaban J connectivity index is 2.49. The maximum Gasteiger partial charge on any atom is 0.240 e. The van der Waals surface area contributed by atoms with E-state index in [0.717, 1.165) is 0 Å². The smallest absolute Gasteiger partial charge is 0.240 e. The van der Waals surface area contributed by atoms with Crippen molar-refractivity contribution in [2.75, 3.05) is 7.11 Å². The Morgan fingerprint density at radius 1 is 1.21 bits per heavy atom. The quantitative estimate of drug-likeness (QED) is 0.862. The Labute approximate surface area is 112 Å². The molecule has 6 heteroatoms. The van der Waals surface area contributed by atoms with Crippen LogP contribution in [0.3, 0.4) is 0 Å². The van der Waals surface area contributed by atoms with Gasteiger partial charge in [0.1, 0.15) is 5.75 Å². The minimum absolute atomic E-state index is 0.0329. The molecule has 0 amide bonds. The van der Waals surface area contributed by atoms with E-state index in [2.05, 4.69) is 4.98 Å². The molecule has 1 heterocycles. The molecule has 0 aliphatic heterocycles. The Hall–Kier alpha value is -1.82. The van der Waals surface area contributed by atoms with Gasteiger partial charge in [0.25, 0.3) is 0 Å². The average molecular weight is 280 g/mol. The van der Waals surface area contributed by atoms with Crippen molar-refractivity contribution in [3.8, 4) is 5.75 Å². The van der Waals surface area contributed by atoms with E-state index in [-0.39, 0.29) is 16.1 Å². The van der Waals surface area contributed by atoms with E-state index in [1.165, 1.54) is 25.4 Å². The van der Waals surface area contributed by atoms with E-state index in [1.807, 2.05) is 13.8 Å². The van der Waals surface area contributed by atoms with Gasteiger partial charge in [-0.25, -0.2) is 13.4 Å². The number of benzene rings is 1. The summed E-state index contributed by atoms with van der Waals surface area (Å²) in [7, 11) is -2.06. The molecule has 0 radical (unpaired) electrons. The highest BCUT2D eigenvalue weighted by Gasteiger charge is 2.24. The normalized spacial score (nSPS) is 11.8. The Bertz CT molecular complexity index is 657. The summed E-state index contributed by atoms with van der Waals surface area (Å²) >= 11 is 0. The average Bonchev–Trinajstić information content (AvgIpc) is 2.89. The van der Waals surface area contributed by atoms with Crippen molar-refractivity contribution in [1.82, 2.24) is 9.55 Å². The van der Waals surface area contributed by atoms with Crippen molar-refractivity contribution in [2.45, 2.75) is 29.9 Å². The van der Waals surface area contributed by atoms with Crippen molar-refractivity contribution in [2.24, 2.45) is 0 Å². The summed E-state index contributed by atoms with van der Waals surface area (Å²) in [4.78, 5) is 4.18. The lowest BCUT2D eigenvalue weighted by Crippen LogP contribution is -2.12. The number of hydrogen-bond acceptors (Lipinski definition) is 4. The third kappa shape index (κ3) is 2.49. The van der Waals surface area contributed by atoms with Crippen LogP contribution in [0.5, 0.6) is 5.75 Å². The van der Waals surface area contributed by atoms with Gasteiger partial charge in [-0.1, -0.05) is 0 Å². The first kappa shape index (κ1) is 13.6. The van der Waals surface area contributed by atoms with Gasteiger partial charge in [-0.3, -0.25) is 0 Å². The SMILES string of the molecule is COc1ccc(S(=O)(=O)c2nccn2C(C)C)cc1. The predicted molar refractivity (Wildman–Crippen MR) is 71.1 cm³/mol. The minimum atomic E-state index is -3.60. The highest BCUT2D eigenvalue weighted by Crippen LogP contribution is 2.23. The predicted octanol–water partition coefficient (Wildman–Crippen LogP) is 2.31. The summed E-state index contributed by atoms with van der Waals surface area (Å²) < 4.78 is 31.6. The molecule has 0 spiro atoms. The number of imidazole rings is 1. The van der Waals surface area contributed by atoms with E-state index in [9.17, 15) is 8.42 Å². The molecule has 19 heavy (non-hydrogen) atoms. The zero-order valence-electron chi connectivity index (χ0n) is 11.1. The lowest BCUT2D eigenvalue weighted by atomic mass is 10.3. The van der Waals surface area contributed by atoms with Crippen molar-refractivity contribution >= 4 is 9.84 Å². The second-order valence-electron chi connectivity index (χ2n) is 4.39. The zero-order chi connectivity index (χ0) is 14.0. The molecular weight excluding hydrogens is 264 g/mol. The summed E-state index contributed by atoms with van der Waals surface area (Å²) in [6.07, 6.45) is 3.16.